The first-order chi connectivity index (χ1) is 3.39. The van der Waals surface area contributed by atoms with Gasteiger partial charge in [-0.3, -0.25) is 0 Å². The SMILES string of the molecule is C.O.Oc1ccccc1. The molecule has 1 aromatic carbocycles. The highest BCUT2D eigenvalue weighted by molar-refractivity contribution is 5.18. The Balaban J connectivity index is 0. The van der Waals surface area contributed by atoms with Crippen molar-refractivity contribution in [3.63, 3.8) is 0 Å². The molecule has 0 saturated heterocycles. The van der Waals surface area contributed by atoms with E-state index in [-0.39, 0.29) is 12.9 Å². The topological polar surface area (TPSA) is 51.7 Å². The number of phenols is 1. The van der Waals surface area contributed by atoms with Crippen molar-refractivity contribution in [2.45, 2.75) is 7.43 Å². The van der Waals surface area contributed by atoms with Crippen molar-refractivity contribution in [1.29, 1.82) is 0 Å². The van der Waals surface area contributed by atoms with Crippen LogP contribution in [0.3, 0.4) is 0 Å². The number of para-hydroxylation sites is 1. The second-order valence-electron chi connectivity index (χ2n) is 1.34. The largest absolute Gasteiger partial charge is 0.508 e. The summed E-state index contributed by atoms with van der Waals surface area (Å²) in [6.45, 7) is 0. The van der Waals surface area contributed by atoms with Crippen molar-refractivity contribution in [1.82, 2.24) is 0 Å². The molecule has 3 N–H and O–H groups in total. The molecule has 0 unspecified atom stereocenters. The average Bonchev–Trinajstić information content (AvgIpc) is 1.69. The van der Waals surface area contributed by atoms with Crippen LogP contribution in [-0.2, 0) is 0 Å². The number of phenolic OH excluding ortho intramolecular Hbond substituents is 1. The van der Waals surface area contributed by atoms with Crippen LogP contribution in [0.5, 0.6) is 5.75 Å². The van der Waals surface area contributed by atoms with E-state index in [1.54, 1.807) is 24.3 Å². The Hall–Kier alpha value is -1.02. The monoisotopic (exact) mass is 128 g/mol. The predicted octanol–water partition coefficient (Wildman–Crippen LogP) is 1.20. The molecule has 0 saturated carbocycles. The van der Waals surface area contributed by atoms with Crippen molar-refractivity contribution >= 4 is 0 Å². The van der Waals surface area contributed by atoms with Gasteiger partial charge < -0.3 is 10.6 Å². The zero-order chi connectivity index (χ0) is 5.11. The Morgan fingerprint density at radius 3 is 1.67 bits per heavy atom. The number of aromatic hydroxyl groups is 1. The van der Waals surface area contributed by atoms with Gasteiger partial charge in [0, 0.05) is 0 Å². The van der Waals surface area contributed by atoms with Gasteiger partial charge in [0.05, 0.1) is 0 Å². The molecule has 0 radical (unpaired) electrons. The van der Waals surface area contributed by atoms with E-state index in [0.29, 0.717) is 5.75 Å². The second kappa shape index (κ2) is 5.12. The number of rotatable bonds is 0. The molecule has 1 aromatic rings. The molecule has 0 aliphatic rings. The fourth-order valence-corrected chi connectivity index (χ4v) is 0.428. The van der Waals surface area contributed by atoms with Crippen LogP contribution in [0.2, 0.25) is 0 Å². The summed E-state index contributed by atoms with van der Waals surface area (Å²) in [4.78, 5) is 0. The molecule has 0 bridgehead atoms. The maximum atomic E-state index is 8.63. The molecule has 0 heterocycles. The zero-order valence-corrected chi connectivity index (χ0v) is 4.33. The molecule has 0 atom stereocenters. The summed E-state index contributed by atoms with van der Waals surface area (Å²) in [6.07, 6.45) is 0. The van der Waals surface area contributed by atoms with Crippen LogP contribution < -0.4 is 0 Å². The number of hydrogen-bond acceptors (Lipinski definition) is 1. The minimum Gasteiger partial charge on any atom is -0.508 e. The van der Waals surface area contributed by atoms with Crippen LogP contribution in [0.1, 0.15) is 7.43 Å². The van der Waals surface area contributed by atoms with Crippen molar-refractivity contribution in [3.8, 4) is 5.75 Å². The molecule has 0 aromatic heterocycles. The first-order valence-corrected chi connectivity index (χ1v) is 2.13. The third-order valence-electron chi connectivity index (χ3n) is 0.756. The molecule has 0 spiro atoms. The fraction of sp³-hybridized carbons (Fsp3) is 0.143. The molecule has 2 nitrogen and oxygen atoms in total. The minimum absolute atomic E-state index is 0. The predicted molar refractivity (Wildman–Crippen MR) is 38.5 cm³/mol. The van der Waals surface area contributed by atoms with Gasteiger partial charge in [-0.25, -0.2) is 0 Å². The third-order valence-corrected chi connectivity index (χ3v) is 0.756. The fourth-order valence-electron chi connectivity index (χ4n) is 0.428. The Bertz CT molecular complexity index is 137. The van der Waals surface area contributed by atoms with Crippen LogP contribution >= 0.6 is 0 Å². The van der Waals surface area contributed by atoms with Gasteiger partial charge in [0.1, 0.15) is 5.75 Å². The lowest BCUT2D eigenvalue weighted by molar-refractivity contribution is 0.475. The zero-order valence-electron chi connectivity index (χ0n) is 4.33. The first-order valence-electron chi connectivity index (χ1n) is 2.13. The van der Waals surface area contributed by atoms with Gasteiger partial charge in [-0.1, -0.05) is 25.6 Å². The molecule has 0 aliphatic heterocycles. The third kappa shape index (κ3) is 3.55. The van der Waals surface area contributed by atoms with Gasteiger partial charge in [0.25, 0.3) is 0 Å². The van der Waals surface area contributed by atoms with E-state index in [0.717, 1.165) is 0 Å². The lowest BCUT2D eigenvalue weighted by Crippen LogP contribution is -1.56. The molecule has 1 rings (SSSR count). The van der Waals surface area contributed by atoms with Crippen LogP contribution in [0.4, 0.5) is 0 Å². The maximum Gasteiger partial charge on any atom is 0.115 e. The highest BCUT2D eigenvalue weighted by atomic mass is 16.3. The van der Waals surface area contributed by atoms with Gasteiger partial charge in [-0.15, -0.1) is 0 Å². The van der Waals surface area contributed by atoms with E-state index in [4.69, 9.17) is 5.11 Å². The molecule has 0 aliphatic carbocycles. The summed E-state index contributed by atoms with van der Waals surface area (Å²) in [5.74, 6) is 0.322. The molecule has 9 heavy (non-hydrogen) atoms. The van der Waals surface area contributed by atoms with E-state index in [9.17, 15) is 0 Å². The van der Waals surface area contributed by atoms with Crippen molar-refractivity contribution in [3.05, 3.63) is 30.3 Å². The summed E-state index contributed by atoms with van der Waals surface area (Å²) < 4.78 is 0. The van der Waals surface area contributed by atoms with E-state index >= 15 is 0 Å². The van der Waals surface area contributed by atoms with E-state index < -0.39 is 0 Å². The Morgan fingerprint density at radius 1 is 1.00 bits per heavy atom. The summed E-state index contributed by atoms with van der Waals surface area (Å²) in [7, 11) is 0. The van der Waals surface area contributed by atoms with E-state index in [2.05, 4.69) is 0 Å². The van der Waals surface area contributed by atoms with E-state index in [1.807, 2.05) is 6.07 Å². The Morgan fingerprint density at radius 2 is 1.44 bits per heavy atom. The number of benzene rings is 1. The highest BCUT2D eigenvalue weighted by Crippen LogP contribution is 2.02. The molecule has 52 valence electrons. The lowest BCUT2D eigenvalue weighted by atomic mass is 10.3. The summed E-state index contributed by atoms with van der Waals surface area (Å²) in [5, 5.41) is 8.63. The van der Waals surface area contributed by atoms with Gasteiger partial charge in [0.15, 0.2) is 0 Å². The summed E-state index contributed by atoms with van der Waals surface area (Å²) >= 11 is 0. The maximum absolute atomic E-state index is 8.63. The number of hydrogen-bond donors (Lipinski definition) is 1. The average molecular weight is 128 g/mol. The molecule has 0 amide bonds. The van der Waals surface area contributed by atoms with Crippen LogP contribution in [0.25, 0.3) is 0 Å². The first kappa shape index (κ1) is 10.9. The highest BCUT2D eigenvalue weighted by Gasteiger charge is 1.74. The quantitative estimate of drug-likeness (QED) is 0.560. The molecule has 2 heteroatoms. The van der Waals surface area contributed by atoms with Gasteiger partial charge in [-0.2, -0.15) is 0 Å². The minimum atomic E-state index is 0. The second-order valence-corrected chi connectivity index (χ2v) is 1.34. The Kier molecular flexibility index (Phi) is 6.19. The molecular weight excluding hydrogens is 116 g/mol. The van der Waals surface area contributed by atoms with Crippen molar-refractivity contribution in [2.75, 3.05) is 0 Å². The van der Waals surface area contributed by atoms with Gasteiger partial charge in [-0.05, 0) is 12.1 Å². The Labute approximate surface area is 55.1 Å². The molecular formula is C7H12O2. The lowest BCUT2D eigenvalue weighted by Gasteiger charge is -1.82. The van der Waals surface area contributed by atoms with E-state index in [1.165, 1.54) is 0 Å². The summed E-state index contributed by atoms with van der Waals surface area (Å²) in [6, 6.07) is 8.71. The van der Waals surface area contributed by atoms with Crippen molar-refractivity contribution < 1.29 is 10.6 Å². The van der Waals surface area contributed by atoms with Crippen LogP contribution in [0.15, 0.2) is 30.3 Å². The summed E-state index contributed by atoms with van der Waals surface area (Å²) in [5.41, 5.74) is 0. The van der Waals surface area contributed by atoms with Crippen molar-refractivity contribution in [2.24, 2.45) is 0 Å². The normalized spacial score (nSPS) is 6.67. The van der Waals surface area contributed by atoms with Crippen LogP contribution in [0, 0.1) is 0 Å². The standard InChI is InChI=1S/C6H6O.CH4.H2O/c7-6-4-2-1-3-5-6;;/h1-5,7H;1H4;1H2. The molecule has 0 fully saturated rings. The van der Waals surface area contributed by atoms with Gasteiger partial charge in [0.2, 0.25) is 0 Å². The smallest absolute Gasteiger partial charge is 0.115 e. The van der Waals surface area contributed by atoms with Gasteiger partial charge >= 0.3 is 0 Å². The van der Waals surface area contributed by atoms with Crippen LogP contribution in [-0.4, -0.2) is 10.6 Å².